The summed E-state index contributed by atoms with van der Waals surface area (Å²) in [6.45, 7) is 4.55. The second kappa shape index (κ2) is 5.29. The van der Waals surface area contributed by atoms with Crippen molar-refractivity contribution in [3.05, 3.63) is 28.9 Å². The Morgan fingerprint density at radius 2 is 2.42 bits per heavy atom. The number of hydrogen-bond donors (Lipinski definition) is 0. The first-order valence-corrected chi connectivity index (χ1v) is 5.50. The summed E-state index contributed by atoms with van der Waals surface area (Å²) >= 11 is 1.98. The average molecular weight is 180 g/mol. The van der Waals surface area contributed by atoms with Gasteiger partial charge in [-0.15, -0.1) is 17.5 Å². The molecular formula is C11H16S. The summed E-state index contributed by atoms with van der Waals surface area (Å²) in [5.74, 6) is 2.08. The molecule has 0 saturated heterocycles. The van der Waals surface area contributed by atoms with Crippen LogP contribution in [0.3, 0.4) is 0 Å². The van der Waals surface area contributed by atoms with Crippen molar-refractivity contribution in [3.63, 3.8) is 0 Å². The van der Waals surface area contributed by atoms with Gasteiger partial charge in [0.25, 0.3) is 0 Å². The molecule has 1 rings (SSSR count). The Kier molecular flexibility index (Phi) is 4.27. The maximum atomic E-state index is 3.07. The molecule has 0 radical (unpaired) electrons. The minimum atomic E-state index is 0.827. The van der Waals surface area contributed by atoms with Crippen LogP contribution in [0.15, 0.2) is 28.9 Å². The fourth-order valence-corrected chi connectivity index (χ4v) is 2.19. The second-order valence-corrected chi connectivity index (χ2v) is 4.63. The molecule has 0 aromatic carbocycles. The molecule has 0 aromatic rings. The molecule has 66 valence electrons. The Morgan fingerprint density at radius 3 is 3.00 bits per heavy atom. The third kappa shape index (κ3) is 3.85. The van der Waals surface area contributed by atoms with Gasteiger partial charge in [0.15, 0.2) is 0 Å². The summed E-state index contributed by atoms with van der Waals surface area (Å²) < 4.78 is 0. The van der Waals surface area contributed by atoms with E-state index in [-0.39, 0.29) is 0 Å². The molecule has 0 spiro atoms. The quantitative estimate of drug-likeness (QED) is 0.593. The number of allylic oxidation sites excluding steroid dienone is 3. The van der Waals surface area contributed by atoms with E-state index >= 15 is 0 Å². The smallest absolute Gasteiger partial charge is 0.00391 e. The highest BCUT2D eigenvalue weighted by Gasteiger charge is 1.99. The van der Waals surface area contributed by atoms with Gasteiger partial charge in [-0.05, 0) is 41.2 Å². The Hall–Kier alpha value is -0.390. The maximum absolute atomic E-state index is 3.07. The molecule has 0 fully saturated rings. The molecule has 0 aromatic heterocycles. The summed E-state index contributed by atoms with van der Waals surface area (Å²) in [7, 11) is 0. The van der Waals surface area contributed by atoms with Gasteiger partial charge >= 0.3 is 0 Å². The van der Waals surface area contributed by atoms with Gasteiger partial charge in [0, 0.05) is 6.42 Å². The van der Waals surface area contributed by atoms with Gasteiger partial charge in [0.05, 0.1) is 0 Å². The standard InChI is InChI=1S/C11H16S/c1-10(2)8-9-12-11-6-4-3-5-7-11/h4-6,10H,7-9H2,1-2H3. The summed E-state index contributed by atoms with van der Waals surface area (Å²) in [5.41, 5.74) is 3.07. The lowest BCUT2D eigenvalue weighted by molar-refractivity contribution is 0.632. The molecule has 0 amide bonds. The Labute approximate surface area is 79.4 Å². The lowest BCUT2D eigenvalue weighted by Crippen LogP contribution is -1.90. The molecule has 0 aliphatic heterocycles. The maximum Gasteiger partial charge on any atom is 0.00391 e. The van der Waals surface area contributed by atoms with Crippen LogP contribution in [0.1, 0.15) is 26.7 Å². The van der Waals surface area contributed by atoms with Crippen molar-refractivity contribution < 1.29 is 0 Å². The minimum absolute atomic E-state index is 0.827. The zero-order valence-corrected chi connectivity index (χ0v) is 8.66. The third-order valence-corrected chi connectivity index (χ3v) is 2.88. The molecule has 0 atom stereocenters. The van der Waals surface area contributed by atoms with Gasteiger partial charge in [0.1, 0.15) is 0 Å². The van der Waals surface area contributed by atoms with Crippen LogP contribution in [-0.4, -0.2) is 5.75 Å². The normalized spacial score (nSPS) is 15.4. The molecule has 0 N–H and O–H groups in total. The molecule has 0 saturated carbocycles. The molecule has 12 heavy (non-hydrogen) atoms. The van der Waals surface area contributed by atoms with Crippen molar-refractivity contribution in [2.45, 2.75) is 26.7 Å². The van der Waals surface area contributed by atoms with E-state index in [9.17, 15) is 0 Å². The van der Waals surface area contributed by atoms with Crippen LogP contribution in [0, 0.1) is 5.92 Å². The van der Waals surface area contributed by atoms with Gasteiger partial charge in [0.2, 0.25) is 0 Å². The van der Waals surface area contributed by atoms with Crippen molar-refractivity contribution in [2.75, 3.05) is 5.75 Å². The van der Waals surface area contributed by atoms with E-state index in [2.05, 4.69) is 31.7 Å². The lowest BCUT2D eigenvalue weighted by atomic mass is 10.2. The van der Waals surface area contributed by atoms with E-state index in [1.807, 2.05) is 17.8 Å². The summed E-state index contributed by atoms with van der Waals surface area (Å²) in [6, 6.07) is 0. The fraction of sp³-hybridized carbons (Fsp3) is 0.545. The van der Waals surface area contributed by atoms with E-state index in [1.165, 1.54) is 17.1 Å². The Bertz CT molecular complexity index is 217. The SMILES string of the molecule is CC(C)CCSC1=CC=C=CC1. The first-order valence-electron chi connectivity index (χ1n) is 4.52. The van der Waals surface area contributed by atoms with Crippen LogP contribution >= 0.6 is 11.8 Å². The molecule has 1 aliphatic carbocycles. The largest absolute Gasteiger partial charge is 0.130 e. The third-order valence-electron chi connectivity index (χ3n) is 1.77. The van der Waals surface area contributed by atoms with E-state index < -0.39 is 0 Å². The van der Waals surface area contributed by atoms with E-state index in [0.717, 1.165) is 12.3 Å². The molecule has 1 heteroatoms. The van der Waals surface area contributed by atoms with Crippen molar-refractivity contribution in [3.8, 4) is 0 Å². The lowest BCUT2D eigenvalue weighted by Gasteiger charge is -2.06. The van der Waals surface area contributed by atoms with E-state index in [1.54, 1.807) is 0 Å². The average Bonchev–Trinajstić information content (AvgIpc) is 2.05. The summed E-state index contributed by atoms with van der Waals surface area (Å²) in [6.07, 6.45) is 8.67. The van der Waals surface area contributed by atoms with Crippen molar-refractivity contribution in [1.29, 1.82) is 0 Å². The first-order chi connectivity index (χ1) is 5.79. The monoisotopic (exact) mass is 180 g/mol. The number of rotatable bonds is 4. The van der Waals surface area contributed by atoms with Gasteiger partial charge in [-0.3, -0.25) is 0 Å². The highest BCUT2D eigenvalue weighted by atomic mass is 32.2. The summed E-state index contributed by atoms with van der Waals surface area (Å²) in [5, 5.41) is 0. The van der Waals surface area contributed by atoms with Gasteiger partial charge in [-0.1, -0.05) is 13.8 Å². The van der Waals surface area contributed by atoms with Crippen LogP contribution in [0.2, 0.25) is 0 Å². The van der Waals surface area contributed by atoms with E-state index in [0.29, 0.717) is 0 Å². The van der Waals surface area contributed by atoms with E-state index in [4.69, 9.17) is 0 Å². The fourth-order valence-electron chi connectivity index (χ4n) is 0.969. The predicted octanol–water partition coefficient (Wildman–Crippen LogP) is 3.76. The van der Waals surface area contributed by atoms with Crippen LogP contribution in [0.5, 0.6) is 0 Å². The second-order valence-electron chi connectivity index (χ2n) is 3.41. The molecule has 0 bridgehead atoms. The number of thioether (sulfide) groups is 1. The van der Waals surface area contributed by atoms with Gasteiger partial charge in [-0.25, -0.2) is 0 Å². The zero-order chi connectivity index (χ0) is 8.81. The zero-order valence-electron chi connectivity index (χ0n) is 7.84. The first kappa shape index (κ1) is 9.70. The Balaban J connectivity index is 2.16. The van der Waals surface area contributed by atoms with Crippen molar-refractivity contribution >= 4 is 11.8 Å². The highest BCUT2D eigenvalue weighted by molar-refractivity contribution is 8.03. The summed E-state index contributed by atoms with van der Waals surface area (Å²) in [4.78, 5) is 1.48. The van der Waals surface area contributed by atoms with Gasteiger partial charge in [-0.2, -0.15) is 0 Å². The van der Waals surface area contributed by atoms with Crippen LogP contribution in [0.25, 0.3) is 0 Å². The minimum Gasteiger partial charge on any atom is -0.130 e. The highest BCUT2D eigenvalue weighted by Crippen LogP contribution is 2.23. The molecule has 1 aliphatic rings. The Morgan fingerprint density at radius 1 is 1.58 bits per heavy atom. The van der Waals surface area contributed by atoms with Gasteiger partial charge < -0.3 is 0 Å². The van der Waals surface area contributed by atoms with Crippen LogP contribution in [-0.2, 0) is 0 Å². The van der Waals surface area contributed by atoms with Crippen molar-refractivity contribution in [2.24, 2.45) is 5.92 Å². The molecule has 0 heterocycles. The van der Waals surface area contributed by atoms with Crippen LogP contribution < -0.4 is 0 Å². The topological polar surface area (TPSA) is 0 Å². The predicted molar refractivity (Wildman–Crippen MR) is 57.3 cm³/mol. The molecular weight excluding hydrogens is 164 g/mol. The number of hydrogen-bond acceptors (Lipinski definition) is 1. The van der Waals surface area contributed by atoms with Crippen LogP contribution in [0.4, 0.5) is 0 Å². The van der Waals surface area contributed by atoms with Crippen molar-refractivity contribution in [1.82, 2.24) is 0 Å². The molecule has 0 nitrogen and oxygen atoms in total. The molecule has 0 unspecified atom stereocenters.